The van der Waals surface area contributed by atoms with Gasteiger partial charge in [-0.25, -0.2) is 0 Å². The van der Waals surface area contributed by atoms with E-state index in [0.29, 0.717) is 40.3 Å². The van der Waals surface area contributed by atoms with Crippen molar-refractivity contribution in [2.45, 2.75) is 19.3 Å². The number of carbonyl (C=O) groups is 3. The van der Waals surface area contributed by atoms with Gasteiger partial charge in [0.25, 0.3) is 5.91 Å². The Kier molecular flexibility index (Phi) is 4.68. The maximum Gasteiger partial charge on any atom is 0.255 e. The van der Waals surface area contributed by atoms with Crippen molar-refractivity contribution in [2.75, 3.05) is 24.4 Å². The minimum absolute atomic E-state index is 0.116. The highest BCUT2D eigenvalue weighted by Crippen LogP contribution is 2.56. The second kappa shape index (κ2) is 7.41. The van der Waals surface area contributed by atoms with Gasteiger partial charge >= 0.3 is 0 Å². The summed E-state index contributed by atoms with van der Waals surface area (Å²) in [5.41, 5.74) is 1.27. The lowest BCUT2D eigenvalue weighted by Gasteiger charge is -2.19. The number of hydrogen-bond donors (Lipinski definition) is 1. The van der Waals surface area contributed by atoms with Gasteiger partial charge in [0, 0.05) is 11.6 Å². The van der Waals surface area contributed by atoms with Gasteiger partial charge in [0.05, 0.1) is 37.4 Å². The SMILES string of the molecule is COc1ccc(OC)c(NC(=O)c2cccc(N3C(=O)[C@@H]4[C@H]5CC[C@@H](C5)[C@@H]4C3=O)c2)c1. The summed E-state index contributed by atoms with van der Waals surface area (Å²) in [5, 5.41) is 2.82. The van der Waals surface area contributed by atoms with Crippen molar-refractivity contribution in [1.29, 1.82) is 0 Å². The van der Waals surface area contributed by atoms with Gasteiger partial charge in [0.15, 0.2) is 0 Å². The Labute approximate surface area is 180 Å². The fourth-order valence-electron chi connectivity index (χ4n) is 5.56. The third-order valence-corrected chi connectivity index (χ3v) is 6.95. The van der Waals surface area contributed by atoms with E-state index in [1.165, 1.54) is 12.0 Å². The molecular formula is C24H24N2O5. The molecule has 0 spiro atoms. The van der Waals surface area contributed by atoms with Gasteiger partial charge in [-0.15, -0.1) is 0 Å². The molecule has 3 aliphatic rings. The van der Waals surface area contributed by atoms with Crippen LogP contribution in [0.3, 0.4) is 0 Å². The number of methoxy groups -OCH3 is 2. The van der Waals surface area contributed by atoms with Crippen LogP contribution >= 0.6 is 0 Å². The van der Waals surface area contributed by atoms with Crippen LogP contribution in [0.25, 0.3) is 0 Å². The molecule has 1 saturated heterocycles. The summed E-state index contributed by atoms with van der Waals surface area (Å²) < 4.78 is 10.5. The van der Waals surface area contributed by atoms with Crippen LogP contribution in [0, 0.1) is 23.7 Å². The second-order valence-corrected chi connectivity index (χ2v) is 8.47. The maximum absolute atomic E-state index is 13.1. The molecule has 2 aromatic carbocycles. The summed E-state index contributed by atoms with van der Waals surface area (Å²) in [6.07, 6.45) is 3.05. The van der Waals surface area contributed by atoms with Gasteiger partial charge in [0.1, 0.15) is 11.5 Å². The normalized spacial score (nSPS) is 26.2. The third kappa shape index (κ3) is 3.07. The first-order valence-electron chi connectivity index (χ1n) is 10.5. The van der Waals surface area contributed by atoms with E-state index in [4.69, 9.17) is 9.47 Å². The number of rotatable bonds is 5. The summed E-state index contributed by atoms with van der Waals surface area (Å²) in [7, 11) is 3.06. The van der Waals surface area contributed by atoms with E-state index in [2.05, 4.69) is 5.32 Å². The van der Waals surface area contributed by atoms with Gasteiger partial charge in [-0.1, -0.05) is 6.07 Å². The van der Waals surface area contributed by atoms with E-state index >= 15 is 0 Å². The van der Waals surface area contributed by atoms with Gasteiger partial charge in [0.2, 0.25) is 11.8 Å². The molecule has 3 amide bonds. The smallest absolute Gasteiger partial charge is 0.255 e. The lowest BCUT2D eigenvalue weighted by molar-refractivity contribution is -0.123. The van der Waals surface area contributed by atoms with Crippen molar-refractivity contribution < 1.29 is 23.9 Å². The fourth-order valence-corrected chi connectivity index (χ4v) is 5.56. The average Bonchev–Trinajstić information content (AvgIpc) is 3.47. The van der Waals surface area contributed by atoms with Crippen LogP contribution in [-0.2, 0) is 9.59 Å². The number of carbonyl (C=O) groups excluding carboxylic acids is 3. The van der Waals surface area contributed by atoms with Crippen molar-refractivity contribution >= 4 is 29.1 Å². The van der Waals surface area contributed by atoms with Crippen molar-refractivity contribution in [2.24, 2.45) is 23.7 Å². The summed E-state index contributed by atoms with van der Waals surface area (Å²) in [4.78, 5) is 40.4. The highest BCUT2D eigenvalue weighted by Gasteiger charge is 2.61. The fraction of sp³-hybridized carbons (Fsp3) is 0.375. The van der Waals surface area contributed by atoms with Crippen LogP contribution in [-0.4, -0.2) is 31.9 Å². The molecule has 0 radical (unpaired) electrons. The largest absolute Gasteiger partial charge is 0.497 e. The van der Waals surface area contributed by atoms with E-state index in [1.54, 1.807) is 49.6 Å². The number of benzene rings is 2. The molecular weight excluding hydrogens is 396 g/mol. The second-order valence-electron chi connectivity index (χ2n) is 8.47. The van der Waals surface area contributed by atoms with Crippen LogP contribution in [0.5, 0.6) is 11.5 Å². The average molecular weight is 420 g/mol. The first kappa shape index (κ1) is 19.6. The molecule has 5 rings (SSSR count). The monoisotopic (exact) mass is 420 g/mol. The lowest BCUT2D eigenvalue weighted by atomic mass is 9.81. The molecule has 31 heavy (non-hydrogen) atoms. The topological polar surface area (TPSA) is 84.9 Å². The van der Waals surface area contributed by atoms with Crippen LogP contribution in [0.4, 0.5) is 11.4 Å². The molecule has 7 heteroatoms. The molecule has 2 saturated carbocycles. The Morgan fingerprint density at radius 3 is 2.32 bits per heavy atom. The Morgan fingerprint density at radius 1 is 0.968 bits per heavy atom. The Hall–Kier alpha value is -3.35. The van der Waals surface area contributed by atoms with E-state index in [9.17, 15) is 14.4 Å². The molecule has 2 aromatic rings. The zero-order valence-electron chi connectivity index (χ0n) is 17.5. The Balaban J connectivity index is 1.41. The highest BCUT2D eigenvalue weighted by atomic mass is 16.5. The number of imide groups is 1. The lowest BCUT2D eigenvalue weighted by Crippen LogP contribution is -2.33. The molecule has 2 aliphatic carbocycles. The van der Waals surface area contributed by atoms with Gasteiger partial charge < -0.3 is 14.8 Å². The number of fused-ring (bicyclic) bond motifs is 5. The highest BCUT2D eigenvalue weighted by molar-refractivity contribution is 6.23. The van der Waals surface area contributed by atoms with Gasteiger partial charge in [-0.3, -0.25) is 19.3 Å². The van der Waals surface area contributed by atoms with Crippen LogP contribution in [0.15, 0.2) is 42.5 Å². The van der Waals surface area contributed by atoms with Gasteiger partial charge in [-0.2, -0.15) is 0 Å². The summed E-state index contributed by atoms with van der Waals surface area (Å²) in [6, 6.07) is 11.8. The first-order chi connectivity index (χ1) is 15.0. The van der Waals surface area contributed by atoms with Crippen molar-refractivity contribution in [3.63, 3.8) is 0 Å². The van der Waals surface area contributed by atoms with Crippen molar-refractivity contribution in [3.05, 3.63) is 48.0 Å². The summed E-state index contributed by atoms with van der Waals surface area (Å²) in [5.74, 6) is 0.746. The zero-order valence-corrected chi connectivity index (χ0v) is 17.5. The number of nitrogens with one attached hydrogen (secondary N) is 1. The molecule has 160 valence electrons. The molecule has 1 aliphatic heterocycles. The number of amides is 3. The quantitative estimate of drug-likeness (QED) is 0.749. The minimum Gasteiger partial charge on any atom is -0.497 e. The predicted octanol–water partition coefficient (Wildman–Crippen LogP) is 3.49. The molecule has 7 nitrogen and oxygen atoms in total. The standard InChI is InChI=1S/C24H24N2O5/c1-30-17-8-9-19(31-2)18(12-17)25-22(27)15-4-3-5-16(11-15)26-23(28)20-13-6-7-14(10-13)21(20)24(26)29/h3-5,8-9,11-14,20-21H,6-7,10H2,1-2H3,(H,25,27)/t13-,14-,20-,21+/m0/s1. The molecule has 3 fully saturated rings. The van der Waals surface area contributed by atoms with E-state index in [0.717, 1.165) is 19.3 Å². The van der Waals surface area contributed by atoms with Crippen molar-refractivity contribution in [3.8, 4) is 11.5 Å². The molecule has 1 heterocycles. The number of ether oxygens (including phenoxy) is 2. The van der Waals surface area contributed by atoms with E-state index < -0.39 is 0 Å². The minimum atomic E-state index is -0.368. The van der Waals surface area contributed by atoms with Crippen molar-refractivity contribution in [1.82, 2.24) is 0 Å². The zero-order chi connectivity index (χ0) is 21.7. The summed E-state index contributed by atoms with van der Waals surface area (Å²) in [6.45, 7) is 0. The number of anilines is 2. The molecule has 0 unspecified atom stereocenters. The van der Waals surface area contributed by atoms with Crippen LogP contribution < -0.4 is 19.7 Å². The predicted molar refractivity (Wildman–Crippen MR) is 114 cm³/mol. The van der Waals surface area contributed by atoms with Gasteiger partial charge in [-0.05, 0) is 61.4 Å². The van der Waals surface area contributed by atoms with Crippen LogP contribution in [0.2, 0.25) is 0 Å². The van der Waals surface area contributed by atoms with E-state index in [-0.39, 0.29) is 29.6 Å². The third-order valence-electron chi connectivity index (χ3n) is 6.95. The molecule has 0 aromatic heterocycles. The van der Waals surface area contributed by atoms with Crippen LogP contribution in [0.1, 0.15) is 29.6 Å². The summed E-state index contributed by atoms with van der Waals surface area (Å²) >= 11 is 0. The maximum atomic E-state index is 13.1. The molecule has 2 bridgehead atoms. The Bertz CT molecular complexity index is 1050. The number of nitrogens with zero attached hydrogens (tertiary/aromatic N) is 1. The first-order valence-corrected chi connectivity index (χ1v) is 10.5. The Morgan fingerprint density at radius 2 is 1.68 bits per heavy atom. The van der Waals surface area contributed by atoms with E-state index in [1.807, 2.05) is 0 Å². The molecule has 4 atom stereocenters. The number of hydrogen-bond acceptors (Lipinski definition) is 5. The molecule has 1 N–H and O–H groups in total.